The molecule has 186 valence electrons. The summed E-state index contributed by atoms with van der Waals surface area (Å²) in [4.78, 5) is 28.8. The van der Waals surface area contributed by atoms with E-state index in [9.17, 15) is 22.8 Å². The van der Waals surface area contributed by atoms with Crippen LogP contribution in [0.4, 0.5) is 13.2 Å². The molecule has 0 atom stereocenters. The van der Waals surface area contributed by atoms with Crippen molar-refractivity contribution in [1.82, 2.24) is 10.3 Å². The van der Waals surface area contributed by atoms with Crippen LogP contribution in [-0.2, 0) is 23.9 Å². The van der Waals surface area contributed by atoms with E-state index in [2.05, 4.69) is 10.3 Å². The molecule has 0 bridgehead atoms. The fourth-order valence-corrected chi connectivity index (χ4v) is 4.80. The quantitative estimate of drug-likeness (QED) is 0.319. The number of aromatic nitrogens is 1. The molecule has 0 amide bonds. The topological polar surface area (TPSA) is 79.3 Å². The second kappa shape index (κ2) is 11.1. The maximum atomic E-state index is 13.0. The van der Waals surface area contributed by atoms with Crippen molar-refractivity contribution < 1.29 is 27.9 Å². The Morgan fingerprint density at radius 3 is 2.37 bits per heavy atom. The third-order valence-corrected chi connectivity index (χ3v) is 6.70. The van der Waals surface area contributed by atoms with Gasteiger partial charge in [-0.05, 0) is 48.1 Å². The Hall–Kier alpha value is -3.04. The standard InChI is InChI=1S/C26H27F3N2O3S/c1-15(2)23-24(35-25(31-23)19-6-9-20(10-7-19)26(27,28)29)21(32)14-30-13-17-4-5-18(16(3)12-17)8-11-22(33)34/h4-7,9-10,12,15,30H,8,11,13-14H2,1-3H3,(H,33,34). The molecule has 1 aromatic heterocycles. The second-order valence-electron chi connectivity index (χ2n) is 8.64. The minimum Gasteiger partial charge on any atom is -0.481 e. The van der Waals surface area contributed by atoms with Crippen LogP contribution in [0, 0.1) is 6.92 Å². The first-order valence-corrected chi connectivity index (χ1v) is 12.0. The number of carboxylic acids is 1. The summed E-state index contributed by atoms with van der Waals surface area (Å²) in [7, 11) is 0. The predicted octanol–water partition coefficient (Wildman–Crippen LogP) is 6.25. The molecule has 3 aromatic rings. The Bertz CT molecular complexity index is 1200. The zero-order valence-electron chi connectivity index (χ0n) is 19.7. The third-order valence-electron chi connectivity index (χ3n) is 5.54. The number of carboxylic acid groups (broad SMARTS) is 1. The molecular formula is C26H27F3N2O3S. The molecular weight excluding hydrogens is 477 g/mol. The lowest BCUT2D eigenvalue weighted by Crippen LogP contribution is -2.23. The maximum absolute atomic E-state index is 13.0. The summed E-state index contributed by atoms with van der Waals surface area (Å²) in [5.74, 6) is -0.979. The number of hydrogen-bond acceptors (Lipinski definition) is 5. The van der Waals surface area contributed by atoms with Gasteiger partial charge < -0.3 is 10.4 Å². The number of aryl methyl sites for hydroxylation is 2. The molecule has 9 heteroatoms. The first-order chi connectivity index (χ1) is 16.5. The molecule has 0 spiro atoms. The highest BCUT2D eigenvalue weighted by Crippen LogP contribution is 2.34. The monoisotopic (exact) mass is 504 g/mol. The van der Waals surface area contributed by atoms with Gasteiger partial charge in [0.25, 0.3) is 0 Å². The average molecular weight is 505 g/mol. The number of carbonyl (C=O) groups excluding carboxylic acids is 1. The van der Waals surface area contributed by atoms with Gasteiger partial charge in [-0.15, -0.1) is 11.3 Å². The van der Waals surface area contributed by atoms with Crippen molar-refractivity contribution >= 4 is 23.1 Å². The molecule has 0 aliphatic heterocycles. The van der Waals surface area contributed by atoms with E-state index in [1.54, 1.807) is 0 Å². The molecule has 0 radical (unpaired) electrons. The molecule has 0 fully saturated rings. The molecule has 0 unspecified atom stereocenters. The van der Waals surface area contributed by atoms with Gasteiger partial charge in [0.1, 0.15) is 5.01 Å². The van der Waals surface area contributed by atoms with E-state index in [1.165, 1.54) is 23.5 Å². The summed E-state index contributed by atoms with van der Waals surface area (Å²) in [5.41, 5.74) is 3.41. The molecule has 1 heterocycles. The van der Waals surface area contributed by atoms with Gasteiger partial charge in [-0.2, -0.15) is 13.2 Å². The van der Waals surface area contributed by atoms with Crippen LogP contribution < -0.4 is 5.32 Å². The second-order valence-corrected chi connectivity index (χ2v) is 9.64. The Morgan fingerprint density at radius 2 is 1.80 bits per heavy atom. The first-order valence-electron chi connectivity index (χ1n) is 11.2. The fourth-order valence-electron chi connectivity index (χ4n) is 3.64. The number of hydrogen-bond donors (Lipinski definition) is 2. The van der Waals surface area contributed by atoms with Crippen molar-refractivity contribution in [1.29, 1.82) is 0 Å². The van der Waals surface area contributed by atoms with Crippen molar-refractivity contribution in [2.24, 2.45) is 0 Å². The molecule has 3 rings (SSSR count). The number of ketones is 1. The van der Waals surface area contributed by atoms with E-state index in [0.717, 1.165) is 28.8 Å². The van der Waals surface area contributed by atoms with E-state index >= 15 is 0 Å². The zero-order valence-corrected chi connectivity index (χ0v) is 20.5. The van der Waals surface area contributed by atoms with E-state index in [0.29, 0.717) is 34.1 Å². The molecule has 2 aromatic carbocycles. The van der Waals surface area contributed by atoms with Crippen LogP contribution >= 0.6 is 11.3 Å². The Morgan fingerprint density at radius 1 is 1.11 bits per heavy atom. The number of carbonyl (C=O) groups is 2. The summed E-state index contributed by atoms with van der Waals surface area (Å²) in [5, 5.41) is 12.5. The molecule has 0 aliphatic carbocycles. The Labute approximate surface area is 206 Å². The fraction of sp³-hybridized carbons (Fsp3) is 0.346. The van der Waals surface area contributed by atoms with Crippen LogP contribution in [0.1, 0.15) is 63.8 Å². The number of alkyl halides is 3. The molecule has 0 saturated carbocycles. The number of nitrogens with one attached hydrogen (secondary N) is 1. The number of benzene rings is 2. The van der Waals surface area contributed by atoms with Crippen LogP contribution in [0.15, 0.2) is 42.5 Å². The SMILES string of the molecule is Cc1cc(CNCC(=O)c2sc(-c3ccc(C(F)(F)F)cc3)nc2C(C)C)ccc1CCC(=O)O. The van der Waals surface area contributed by atoms with Crippen LogP contribution in [0.2, 0.25) is 0 Å². The third kappa shape index (κ3) is 6.99. The van der Waals surface area contributed by atoms with Crippen LogP contribution in [0.25, 0.3) is 10.6 Å². The molecule has 35 heavy (non-hydrogen) atoms. The van der Waals surface area contributed by atoms with Gasteiger partial charge in [-0.3, -0.25) is 9.59 Å². The number of Topliss-reactive ketones (excluding diaryl/α,β-unsaturated/α-hetero) is 1. The first kappa shape index (κ1) is 26.6. The van der Waals surface area contributed by atoms with Crippen LogP contribution in [-0.4, -0.2) is 28.4 Å². The summed E-state index contributed by atoms with van der Waals surface area (Å²) in [6, 6.07) is 10.6. The lowest BCUT2D eigenvalue weighted by molar-refractivity contribution is -0.138. The van der Waals surface area contributed by atoms with Crippen LogP contribution in [0.3, 0.4) is 0 Å². The van der Waals surface area contributed by atoms with Gasteiger partial charge in [0.05, 0.1) is 22.7 Å². The van der Waals surface area contributed by atoms with E-state index in [-0.39, 0.29) is 24.7 Å². The largest absolute Gasteiger partial charge is 0.481 e. The van der Waals surface area contributed by atoms with Gasteiger partial charge in [0.2, 0.25) is 0 Å². The summed E-state index contributed by atoms with van der Waals surface area (Å²) in [6.07, 6.45) is -3.86. The summed E-state index contributed by atoms with van der Waals surface area (Å²) in [6.45, 7) is 6.33. The molecule has 0 saturated heterocycles. The minimum absolute atomic E-state index is 0.0191. The van der Waals surface area contributed by atoms with Crippen molar-refractivity contribution in [3.8, 4) is 10.6 Å². The maximum Gasteiger partial charge on any atom is 0.416 e. The van der Waals surface area contributed by atoms with Crippen molar-refractivity contribution in [3.05, 3.63) is 75.3 Å². The number of rotatable bonds is 10. The van der Waals surface area contributed by atoms with Crippen molar-refractivity contribution in [2.75, 3.05) is 6.54 Å². The highest BCUT2D eigenvalue weighted by molar-refractivity contribution is 7.17. The van der Waals surface area contributed by atoms with Crippen molar-refractivity contribution in [3.63, 3.8) is 0 Å². The Kier molecular flexibility index (Phi) is 8.45. The number of nitrogens with zero attached hydrogens (tertiary/aromatic N) is 1. The highest BCUT2D eigenvalue weighted by atomic mass is 32.1. The van der Waals surface area contributed by atoms with Crippen LogP contribution in [0.5, 0.6) is 0 Å². The smallest absolute Gasteiger partial charge is 0.416 e. The molecule has 5 nitrogen and oxygen atoms in total. The number of aliphatic carboxylic acids is 1. The van der Waals surface area contributed by atoms with Gasteiger partial charge in [0.15, 0.2) is 5.78 Å². The lowest BCUT2D eigenvalue weighted by Gasteiger charge is -2.09. The highest BCUT2D eigenvalue weighted by Gasteiger charge is 2.30. The lowest BCUT2D eigenvalue weighted by atomic mass is 10.0. The van der Waals surface area contributed by atoms with Gasteiger partial charge in [-0.1, -0.05) is 44.2 Å². The Balaban J connectivity index is 1.67. The van der Waals surface area contributed by atoms with Gasteiger partial charge in [-0.25, -0.2) is 4.98 Å². The number of halogens is 3. The summed E-state index contributed by atoms with van der Waals surface area (Å²) < 4.78 is 38.6. The van der Waals surface area contributed by atoms with Crippen molar-refractivity contribution in [2.45, 2.75) is 52.3 Å². The van der Waals surface area contributed by atoms with E-state index < -0.39 is 17.7 Å². The summed E-state index contributed by atoms with van der Waals surface area (Å²) >= 11 is 1.19. The zero-order chi connectivity index (χ0) is 25.8. The predicted molar refractivity (Wildman–Crippen MR) is 130 cm³/mol. The van der Waals surface area contributed by atoms with Gasteiger partial charge in [0, 0.05) is 18.5 Å². The normalized spacial score (nSPS) is 11.7. The number of thiazole rings is 1. The molecule has 0 aliphatic rings. The minimum atomic E-state index is -4.41. The van der Waals surface area contributed by atoms with Gasteiger partial charge >= 0.3 is 12.1 Å². The average Bonchev–Trinajstić information content (AvgIpc) is 3.24. The van der Waals surface area contributed by atoms with E-state index in [4.69, 9.17) is 5.11 Å². The molecule has 2 N–H and O–H groups in total. The van der Waals surface area contributed by atoms with E-state index in [1.807, 2.05) is 39.0 Å².